The van der Waals surface area contributed by atoms with Gasteiger partial charge in [-0.25, -0.2) is 8.42 Å². The number of nitrogens with two attached hydrogens (primary N) is 1. The summed E-state index contributed by atoms with van der Waals surface area (Å²) in [6.45, 7) is 2.94. The molecule has 0 aromatic rings. The van der Waals surface area contributed by atoms with Crippen LogP contribution in [0.1, 0.15) is 19.8 Å². The standard InChI is InChI=1S/C13H23N3O5S/c1-13(9-16(7-8-21-13)22(2,19)20)12(18)15-5-3-10(4-6-15)11(14)17/h10H,3-9H2,1-2H3,(H2,14,17)/t13-/m1/s1. The second kappa shape index (κ2) is 6.13. The summed E-state index contributed by atoms with van der Waals surface area (Å²) in [5, 5.41) is 0. The molecule has 8 nitrogen and oxygen atoms in total. The number of piperidine rings is 1. The van der Waals surface area contributed by atoms with Crippen molar-refractivity contribution in [3.05, 3.63) is 0 Å². The lowest BCUT2D eigenvalue weighted by molar-refractivity contribution is -0.165. The van der Waals surface area contributed by atoms with E-state index in [9.17, 15) is 18.0 Å². The van der Waals surface area contributed by atoms with E-state index in [0.717, 1.165) is 6.26 Å². The molecule has 0 radical (unpaired) electrons. The van der Waals surface area contributed by atoms with E-state index in [0.29, 0.717) is 25.9 Å². The largest absolute Gasteiger partial charge is 0.369 e. The fourth-order valence-electron chi connectivity index (χ4n) is 2.95. The van der Waals surface area contributed by atoms with Crippen LogP contribution in [0.3, 0.4) is 0 Å². The first kappa shape index (κ1) is 17.2. The zero-order valence-corrected chi connectivity index (χ0v) is 13.8. The number of amides is 2. The van der Waals surface area contributed by atoms with E-state index in [1.54, 1.807) is 11.8 Å². The normalized spacial score (nSPS) is 28.5. The number of primary amides is 1. The minimum Gasteiger partial charge on any atom is -0.369 e. The Morgan fingerprint density at radius 3 is 2.32 bits per heavy atom. The lowest BCUT2D eigenvalue weighted by atomic mass is 9.94. The Hall–Kier alpha value is -1.19. The summed E-state index contributed by atoms with van der Waals surface area (Å²) >= 11 is 0. The maximum Gasteiger partial charge on any atom is 0.255 e. The van der Waals surface area contributed by atoms with E-state index in [4.69, 9.17) is 10.5 Å². The average molecular weight is 333 g/mol. The molecule has 22 heavy (non-hydrogen) atoms. The van der Waals surface area contributed by atoms with Crippen molar-refractivity contribution < 1.29 is 22.7 Å². The van der Waals surface area contributed by atoms with E-state index >= 15 is 0 Å². The monoisotopic (exact) mass is 333 g/mol. The SMILES string of the molecule is C[C@]1(C(=O)N2CCC(C(N)=O)CC2)CN(S(C)(=O)=O)CCO1. The Morgan fingerprint density at radius 2 is 1.82 bits per heavy atom. The second-order valence-electron chi connectivity index (χ2n) is 6.14. The first-order chi connectivity index (χ1) is 10.1. The highest BCUT2D eigenvalue weighted by molar-refractivity contribution is 7.88. The van der Waals surface area contributed by atoms with Crippen LogP contribution in [-0.4, -0.2) is 74.1 Å². The van der Waals surface area contributed by atoms with Crippen molar-refractivity contribution in [2.24, 2.45) is 11.7 Å². The number of hydrogen-bond acceptors (Lipinski definition) is 5. The Morgan fingerprint density at radius 1 is 1.23 bits per heavy atom. The summed E-state index contributed by atoms with van der Waals surface area (Å²) in [7, 11) is -3.36. The number of likely N-dealkylation sites (tertiary alicyclic amines) is 1. The van der Waals surface area contributed by atoms with Gasteiger partial charge in [0.05, 0.1) is 19.4 Å². The van der Waals surface area contributed by atoms with Gasteiger partial charge in [-0.05, 0) is 19.8 Å². The topological polar surface area (TPSA) is 110 Å². The molecule has 9 heteroatoms. The third-order valence-electron chi connectivity index (χ3n) is 4.35. The van der Waals surface area contributed by atoms with E-state index in [-0.39, 0.29) is 37.4 Å². The van der Waals surface area contributed by atoms with E-state index in [1.165, 1.54) is 4.31 Å². The second-order valence-corrected chi connectivity index (χ2v) is 8.13. The Bertz CT molecular complexity index is 556. The van der Waals surface area contributed by atoms with Gasteiger partial charge < -0.3 is 15.4 Å². The zero-order valence-electron chi connectivity index (χ0n) is 12.9. The van der Waals surface area contributed by atoms with Crippen LogP contribution >= 0.6 is 0 Å². The van der Waals surface area contributed by atoms with Crippen LogP contribution in [0.5, 0.6) is 0 Å². The summed E-state index contributed by atoms with van der Waals surface area (Å²) in [5.74, 6) is -0.768. The summed E-state index contributed by atoms with van der Waals surface area (Å²) in [6, 6.07) is 0. The van der Waals surface area contributed by atoms with Gasteiger partial charge in [-0.15, -0.1) is 0 Å². The molecule has 2 fully saturated rings. The van der Waals surface area contributed by atoms with Gasteiger partial charge in [-0.3, -0.25) is 9.59 Å². The molecule has 2 saturated heterocycles. The van der Waals surface area contributed by atoms with Gasteiger partial charge >= 0.3 is 0 Å². The van der Waals surface area contributed by atoms with Crippen molar-refractivity contribution in [2.75, 3.05) is 39.0 Å². The van der Waals surface area contributed by atoms with Crippen LogP contribution in [0, 0.1) is 5.92 Å². The maximum absolute atomic E-state index is 12.7. The molecule has 0 spiro atoms. The summed E-state index contributed by atoms with van der Waals surface area (Å²) in [4.78, 5) is 25.5. The molecule has 2 aliphatic rings. The van der Waals surface area contributed by atoms with Gasteiger partial charge in [0, 0.05) is 25.6 Å². The van der Waals surface area contributed by atoms with Crippen molar-refractivity contribution in [2.45, 2.75) is 25.4 Å². The summed E-state index contributed by atoms with van der Waals surface area (Å²) < 4.78 is 30.2. The number of rotatable bonds is 3. The van der Waals surface area contributed by atoms with E-state index < -0.39 is 15.6 Å². The molecule has 2 N–H and O–H groups in total. The molecular weight excluding hydrogens is 310 g/mol. The molecule has 0 bridgehead atoms. The minimum atomic E-state index is -3.36. The molecular formula is C13H23N3O5S. The average Bonchev–Trinajstić information content (AvgIpc) is 2.45. The quantitative estimate of drug-likeness (QED) is 0.695. The minimum absolute atomic E-state index is 0.0143. The van der Waals surface area contributed by atoms with Crippen LogP contribution in [0.4, 0.5) is 0 Å². The molecule has 0 aliphatic carbocycles. The molecule has 2 amide bonds. The number of ether oxygens (including phenoxy) is 1. The molecule has 0 aromatic carbocycles. The smallest absolute Gasteiger partial charge is 0.255 e. The number of morpholine rings is 1. The molecule has 0 aromatic heterocycles. The number of hydrogen-bond donors (Lipinski definition) is 1. The summed E-state index contributed by atoms with van der Waals surface area (Å²) in [5.41, 5.74) is 4.10. The Kier molecular flexibility index (Phi) is 4.78. The van der Waals surface area contributed by atoms with Crippen molar-refractivity contribution in [3.8, 4) is 0 Å². The van der Waals surface area contributed by atoms with Crippen LogP contribution in [0.25, 0.3) is 0 Å². The van der Waals surface area contributed by atoms with Crippen LogP contribution in [0.2, 0.25) is 0 Å². The lowest BCUT2D eigenvalue weighted by Crippen LogP contribution is -2.60. The number of sulfonamides is 1. The molecule has 2 aliphatic heterocycles. The van der Waals surface area contributed by atoms with Crippen molar-refractivity contribution in [1.29, 1.82) is 0 Å². The molecule has 126 valence electrons. The highest BCUT2D eigenvalue weighted by Crippen LogP contribution is 2.25. The predicted octanol–water partition coefficient (Wildman–Crippen LogP) is -1.24. The van der Waals surface area contributed by atoms with Gasteiger partial charge in [-0.1, -0.05) is 0 Å². The number of nitrogens with zero attached hydrogens (tertiary/aromatic N) is 2. The van der Waals surface area contributed by atoms with Gasteiger partial charge in [0.15, 0.2) is 5.60 Å². The fourth-order valence-corrected chi connectivity index (χ4v) is 3.84. The molecule has 2 rings (SSSR count). The third kappa shape index (κ3) is 3.58. The third-order valence-corrected chi connectivity index (χ3v) is 5.60. The highest BCUT2D eigenvalue weighted by Gasteiger charge is 2.44. The van der Waals surface area contributed by atoms with Crippen molar-refractivity contribution >= 4 is 21.8 Å². The Labute approximate surface area is 130 Å². The van der Waals surface area contributed by atoms with Crippen LogP contribution < -0.4 is 5.73 Å². The van der Waals surface area contributed by atoms with Crippen molar-refractivity contribution in [1.82, 2.24) is 9.21 Å². The molecule has 0 unspecified atom stereocenters. The fraction of sp³-hybridized carbons (Fsp3) is 0.846. The first-order valence-corrected chi connectivity index (χ1v) is 9.16. The molecule has 1 atom stereocenters. The number of carbonyl (C=O) groups is 2. The first-order valence-electron chi connectivity index (χ1n) is 7.31. The van der Waals surface area contributed by atoms with Crippen LogP contribution in [0.15, 0.2) is 0 Å². The van der Waals surface area contributed by atoms with Crippen molar-refractivity contribution in [3.63, 3.8) is 0 Å². The van der Waals surface area contributed by atoms with Gasteiger partial charge in [0.1, 0.15) is 0 Å². The summed E-state index contributed by atoms with van der Waals surface area (Å²) in [6.07, 6.45) is 2.20. The van der Waals surface area contributed by atoms with Gasteiger partial charge in [0.2, 0.25) is 15.9 Å². The van der Waals surface area contributed by atoms with E-state index in [2.05, 4.69) is 0 Å². The Balaban J connectivity index is 2.04. The lowest BCUT2D eigenvalue weighted by Gasteiger charge is -2.42. The highest BCUT2D eigenvalue weighted by atomic mass is 32.2. The van der Waals surface area contributed by atoms with E-state index in [1.807, 2.05) is 0 Å². The maximum atomic E-state index is 12.7. The van der Waals surface area contributed by atoms with Gasteiger partial charge in [-0.2, -0.15) is 4.31 Å². The van der Waals surface area contributed by atoms with Crippen LogP contribution in [-0.2, 0) is 24.3 Å². The van der Waals surface area contributed by atoms with Gasteiger partial charge in [0.25, 0.3) is 5.91 Å². The molecule has 0 saturated carbocycles. The zero-order chi connectivity index (χ0) is 16.5. The number of carbonyl (C=O) groups excluding carboxylic acids is 2. The molecule has 2 heterocycles. The predicted molar refractivity (Wildman–Crippen MR) is 79.3 cm³/mol.